The van der Waals surface area contributed by atoms with Crippen LogP contribution in [0.1, 0.15) is 6.42 Å². The Morgan fingerprint density at radius 1 is 1.38 bits per heavy atom. The van der Waals surface area contributed by atoms with Crippen molar-refractivity contribution >= 4 is 23.3 Å². The Hall–Kier alpha value is -1.36. The SMILES string of the molecule is O=C1NCCCN1c1c(F)cc(F)cc1Cl. The average Bonchev–Trinajstić information content (AvgIpc) is 2.19. The van der Waals surface area contributed by atoms with E-state index < -0.39 is 17.7 Å². The number of urea groups is 1. The lowest BCUT2D eigenvalue weighted by molar-refractivity contribution is 0.242. The highest BCUT2D eigenvalue weighted by Crippen LogP contribution is 2.30. The van der Waals surface area contributed by atoms with Crippen LogP contribution in [0.4, 0.5) is 19.3 Å². The van der Waals surface area contributed by atoms with Crippen molar-refractivity contribution in [2.75, 3.05) is 18.0 Å². The van der Waals surface area contributed by atoms with Gasteiger partial charge in [-0.1, -0.05) is 11.6 Å². The first-order valence-electron chi connectivity index (χ1n) is 4.79. The maximum absolute atomic E-state index is 13.5. The van der Waals surface area contributed by atoms with Crippen molar-refractivity contribution in [3.05, 3.63) is 28.8 Å². The van der Waals surface area contributed by atoms with Crippen molar-refractivity contribution in [2.24, 2.45) is 0 Å². The summed E-state index contributed by atoms with van der Waals surface area (Å²) in [6, 6.07) is 1.28. The van der Waals surface area contributed by atoms with Gasteiger partial charge >= 0.3 is 6.03 Å². The van der Waals surface area contributed by atoms with Crippen molar-refractivity contribution in [1.29, 1.82) is 0 Å². The highest BCUT2D eigenvalue weighted by atomic mass is 35.5. The third-order valence-electron chi connectivity index (χ3n) is 2.33. The number of nitrogens with zero attached hydrogens (tertiary/aromatic N) is 1. The van der Waals surface area contributed by atoms with Gasteiger partial charge < -0.3 is 5.32 Å². The molecule has 0 bridgehead atoms. The first-order valence-corrected chi connectivity index (χ1v) is 5.17. The summed E-state index contributed by atoms with van der Waals surface area (Å²) in [7, 11) is 0. The summed E-state index contributed by atoms with van der Waals surface area (Å²) in [4.78, 5) is 12.7. The molecule has 1 aromatic rings. The topological polar surface area (TPSA) is 32.3 Å². The minimum absolute atomic E-state index is 0.0692. The van der Waals surface area contributed by atoms with Crippen molar-refractivity contribution in [3.63, 3.8) is 0 Å². The van der Waals surface area contributed by atoms with Gasteiger partial charge in [0, 0.05) is 19.2 Å². The molecule has 0 unspecified atom stereocenters. The number of nitrogens with one attached hydrogen (secondary N) is 1. The lowest BCUT2D eigenvalue weighted by atomic mass is 10.2. The molecule has 3 nitrogen and oxygen atoms in total. The molecule has 1 aliphatic rings. The first-order chi connectivity index (χ1) is 7.59. The van der Waals surface area contributed by atoms with Crippen LogP contribution in [0, 0.1) is 11.6 Å². The van der Waals surface area contributed by atoms with E-state index in [2.05, 4.69) is 5.32 Å². The summed E-state index contributed by atoms with van der Waals surface area (Å²) in [5, 5.41) is 2.47. The number of rotatable bonds is 1. The summed E-state index contributed by atoms with van der Waals surface area (Å²) in [6.45, 7) is 0.921. The lowest BCUT2D eigenvalue weighted by Crippen LogP contribution is -2.47. The summed E-state index contributed by atoms with van der Waals surface area (Å²) < 4.78 is 26.4. The van der Waals surface area contributed by atoms with Gasteiger partial charge in [-0.15, -0.1) is 0 Å². The van der Waals surface area contributed by atoms with Gasteiger partial charge in [-0.2, -0.15) is 0 Å². The molecule has 0 atom stereocenters. The van der Waals surface area contributed by atoms with Gasteiger partial charge in [0.2, 0.25) is 0 Å². The summed E-state index contributed by atoms with van der Waals surface area (Å²) >= 11 is 5.73. The zero-order valence-corrected chi connectivity index (χ0v) is 9.02. The Kier molecular flexibility index (Phi) is 2.96. The van der Waals surface area contributed by atoms with Gasteiger partial charge in [-0.3, -0.25) is 4.90 Å². The van der Waals surface area contributed by atoms with Crippen LogP contribution in [0.3, 0.4) is 0 Å². The largest absolute Gasteiger partial charge is 0.338 e. The summed E-state index contributed by atoms with van der Waals surface area (Å²) in [6.07, 6.45) is 0.693. The van der Waals surface area contributed by atoms with Gasteiger partial charge in [-0.25, -0.2) is 13.6 Å². The van der Waals surface area contributed by atoms with Gasteiger partial charge in [-0.05, 0) is 12.5 Å². The summed E-state index contributed by atoms with van der Waals surface area (Å²) in [5.74, 6) is -1.59. The molecule has 0 aromatic heterocycles. The van der Waals surface area contributed by atoms with Crippen LogP contribution in [-0.4, -0.2) is 19.1 Å². The molecule has 2 rings (SSSR count). The molecule has 1 aromatic carbocycles. The maximum atomic E-state index is 13.5. The van der Waals surface area contributed by atoms with Crippen LogP contribution < -0.4 is 10.2 Å². The summed E-state index contributed by atoms with van der Waals surface area (Å²) in [5.41, 5.74) is -0.0692. The Morgan fingerprint density at radius 3 is 2.75 bits per heavy atom. The van der Waals surface area contributed by atoms with Crippen LogP contribution in [0.15, 0.2) is 12.1 Å². The highest BCUT2D eigenvalue weighted by Gasteiger charge is 2.24. The van der Waals surface area contributed by atoms with E-state index in [0.29, 0.717) is 25.6 Å². The molecule has 16 heavy (non-hydrogen) atoms. The Labute approximate surface area is 96.0 Å². The number of carbonyl (C=O) groups is 1. The molecule has 1 aliphatic heterocycles. The number of hydrogen-bond acceptors (Lipinski definition) is 1. The van der Waals surface area contributed by atoms with E-state index in [1.165, 1.54) is 4.90 Å². The molecule has 1 heterocycles. The van der Waals surface area contributed by atoms with Gasteiger partial charge in [0.05, 0.1) is 5.02 Å². The fourth-order valence-corrected chi connectivity index (χ4v) is 1.93. The van der Waals surface area contributed by atoms with E-state index in [1.807, 2.05) is 0 Å². The van der Waals surface area contributed by atoms with Crippen molar-refractivity contribution in [3.8, 4) is 0 Å². The Bertz CT molecular complexity index is 416. The van der Waals surface area contributed by atoms with E-state index >= 15 is 0 Å². The third-order valence-corrected chi connectivity index (χ3v) is 2.62. The zero-order chi connectivity index (χ0) is 11.7. The number of amides is 2. The number of carbonyl (C=O) groups excluding carboxylic acids is 1. The van der Waals surface area contributed by atoms with E-state index in [4.69, 9.17) is 11.6 Å². The standard InChI is InChI=1S/C10H9ClF2N2O/c11-7-4-6(12)5-8(13)9(7)15-3-1-2-14-10(15)16/h4-5H,1-3H2,(H,14,16). The fourth-order valence-electron chi connectivity index (χ4n) is 1.64. The van der Waals surface area contributed by atoms with E-state index in [-0.39, 0.29) is 10.7 Å². The third kappa shape index (κ3) is 1.95. The van der Waals surface area contributed by atoms with Crippen LogP contribution in [-0.2, 0) is 0 Å². The molecule has 0 spiro atoms. The Balaban J connectivity index is 2.42. The van der Waals surface area contributed by atoms with Gasteiger partial charge in [0.1, 0.15) is 11.5 Å². The van der Waals surface area contributed by atoms with E-state index in [1.54, 1.807) is 0 Å². The molecule has 0 saturated carbocycles. The molecular weight excluding hydrogens is 238 g/mol. The molecule has 2 amide bonds. The van der Waals surface area contributed by atoms with Gasteiger partial charge in [0.25, 0.3) is 0 Å². The second-order valence-electron chi connectivity index (χ2n) is 3.46. The zero-order valence-electron chi connectivity index (χ0n) is 8.27. The molecule has 6 heteroatoms. The maximum Gasteiger partial charge on any atom is 0.322 e. The molecular formula is C10H9ClF2N2O. The first kappa shape index (κ1) is 11.1. The van der Waals surface area contributed by atoms with E-state index in [9.17, 15) is 13.6 Å². The minimum atomic E-state index is -0.831. The molecule has 0 radical (unpaired) electrons. The van der Waals surface area contributed by atoms with Gasteiger partial charge in [0.15, 0.2) is 5.82 Å². The lowest BCUT2D eigenvalue weighted by Gasteiger charge is -2.28. The molecule has 1 saturated heterocycles. The monoisotopic (exact) mass is 246 g/mol. The van der Waals surface area contributed by atoms with E-state index in [0.717, 1.165) is 6.07 Å². The number of anilines is 1. The predicted molar refractivity (Wildman–Crippen MR) is 56.7 cm³/mol. The van der Waals surface area contributed by atoms with Crippen molar-refractivity contribution in [2.45, 2.75) is 6.42 Å². The molecule has 86 valence electrons. The highest BCUT2D eigenvalue weighted by molar-refractivity contribution is 6.33. The number of halogens is 3. The predicted octanol–water partition coefficient (Wildman–Crippen LogP) is 2.54. The van der Waals surface area contributed by atoms with Crippen molar-refractivity contribution < 1.29 is 13.6 Å². The van der Waals surface area contributed by atoms with Crippen LogP contribution in [0.5, 0.6) is 0 Å². The quantitative estimate of drug-likeness (QED) is 0.812. The number of hydrogen-bond donors (Lipinski definition) is 1. The molecule has 0 aliphatic carbocycles. The number of benzene rings is 1. The Morgan fingerprint density at radius 2 is 2.12 bits per heavy atom. The van der Waals surface area contributed by atoms with Crippen LogP contribution >= 0.6 is 11.6 Å². The second kappa shape index (κ2) is 4.25. The molecule has 1 N–H and O–H groups in total. The van der Waals surface area contributed by atoms with Crippen LogP contribution in [0.25, 0.3) is 0 Å². The molecule has 1 fully saturated rings. The van der Waals surface area contributed by atoms with Crippen LogP contribution in [0.2, 0.25) is 5.02 Å². The average molecular weight is 247 g/mol. The smallest absolute Gasteiger partial charge is 0.322 e. The normalized spacial score (nSPS) is 16.2. The minimum Gasteiger partial charge on any atom is -0.338 e. The fraction of sp³-hybridized carbons (Fsp3) is 0.300. The second-order valence-corrected chi connectivity index (χ2v) is 3.86. The van der Waals surface area contributed by atoms with Crippen molar-refractivity contribution in [1.82, 2.24) is 5.32 Å².